The van der Waals surface area contributed by atoms with Crippen molar-refractivity contribution in [3.63, 3.8) is 0 Å². The number of carbonyl (C=O) groups is 2. The monoisotopic (exact) mass is 445 g/mol. The van der Waals surface area contributed by atoms with Crippen molar-refractivity contribution in [2.45, 2.75) is 25.9 Å². The van der Waals surface area contributed by atoms with Crippen LogP contribution in [-0.2, 0) is 4.74 Å². The van der Waals surface area contributed by atoms with Crippen LogP contribution in [-0.4, -0.2) is 38.2 Å². The Balaban J connectivity index is 1.32. The first kappa shape index (κ1) is 22.6. The Morgan fingerprint density at radius 2 is 1.55 bits per heavy atom. The van der Waals surface area contributed by atoms with Gasteiger partial charge in [-0.2, -0.15) is 0 Å². The van der Waals surface area contributed by atoms with Crippen LogP contribution in [0.1, 0.15) is 39.1 Å². The zero-order valence-corrected chi connectivity index (χ0v) is 18.8. The van der Waals surface area contributed by atoms with E-state index in [-0.39, 0.29) is 12.0 Å². The van der Waals surface area contributed by atoms with Gasteiger partial charge in [-0.05, 0) is 80.4 Å². The summed E-state index contributed by atoms with van der Waals surface area (Å²) in [6.07, 6.45) is 2.22. The maximum Gasteiger partial charge on any atom is 0.343 e. The van der Waals surface area contributed by atoms with E-state index in [9.17, 15) is 9.59 Å². The number of aryl methyl sites for hydroxylation is 1. The third-order valence-corrected chi connectivity index (χ3v) is 5.59. The number of ether oxygens (including phenoxy) is 3. The lowest BCUT2D eigenvalue weighted by atomic mass is 10.1. The second-order valence-electron chi connectivity index (χ2n) is 8.08. The smallest absolute Gasteiger partial charge is 0.343 e. The topological polar surface area (TPSA) is 65.1 Å². The number of esters is 1. The van der Waals surface area contributed by atoms with E-state index in [2.05, 4.69) is 0 Å². The lowest BCUT2D eigenvalue weighted by molar-refractivity contribution is 0.0678. The number of rotatable bonds is 7. The molecule has 0 bridgehead atoms. The molecule has 4 rings (SSSR count). The van der Waals surface area contributed by atoms with Crippen LogP contribution >= 0.6 is 0 Å². The maximum absolute atomic E-state index is 12.7. The van der Waals surface area contributed by atoms with Crippen molar-refractivity contribution in [2.75, 3.05) is 25.2 Å². The molecule has 6 nitrogen and oxygen atoms in total. The standard InChI is InChI=1S/C27H27NO5/c1-19-5-7-20(8-6-19)26(29)28(2)22-11-15-24(16-12-22)33-27(30)21-9-13-23(14-10-21)32-18-25-4-3-17-31-25/h5-16,25H,3-4,17-18H2,1-2H3. The molecule has 0 N–H and O–H groups in total. The van der Waals surface area contributed by atoms with E-state index in [4.69, 9.17) is 14.2 Å². The van der Waals surface area contributed by atoms with E-state index >= 15 is 0 Å². The average molecular weight is 446 g/mol. The SMILES string of the molecule is Cc1ccc(C(=O)N(C)c2ccc(OC(=O)c3ccc(OCC4CCCO4)cc3)cc2)cc1. The number of hydrogen-bond acceptors (Lipinski definition) is 5. The molecule has 0 aromatic heterocycles. The van der Waals surface area contributed by atoms with Crippen molar-refractivity contribution in [2.24, 2.45) is 0 Å². The summed E-state index contributed by atoms with van der Waals surface area (Å²) in [5, 5.41) is 0. The summed E-state index contributed by atoms with van der Waals surface area (Å²) in [6.45, 7) is 3.28. The minimum Gasteiger partial charge on any atom is -0.491 e. The summed E-state index contributed by atoms with van der Waals surface area (Å²) in [4.78, 5) is 26.7. The van der Waals surface area contributed by atoms with Gasteiger partial charge in [0.1, 0.15) is 18.1 Å². The molecule has 33 heavy (non-hydrogen) atoms. The molecule has 0 aliphatic carbocycles. The Kier molecular flexibility index (Phi) is 7.05. The first-order valence-corrected chi connectivity index (χ1v) is 11.0. The Labute approximate surface area is 193 Å². The van der Waals surface area contributed by atoms with Gasteiger partial charge in [-0.1, -0.05) is 17.7 Å². The van der Waals surface area contributed by atoms with Crippen molar-refractivity contribution in [1.29, 1.82) is 0 Å². The van der Waals surface area contributed by atoms with Crippen LogP contribution in [0.4, 0.5) is 5.69 Å². The van der Waals surface area contributed by atoms with Gasteiger partial charge < -0.3 is 19.1 Å². The van der Waals surface area contributed by atoms with Crippen LogP contribution in [0, 0.1) is 6.92 Å². The Hall–Kier alpha value is -3.64. The van der Waals surface area contributed by atoms with E-state index in [1.54, 1.807) is 60.5 Å². The van der Waals surface area contributed by atoms with Gasteiger partial charge in [-0.3, -0.25) is 4.79 Å². The normalized spacial score (nSPS) is 15.2. The Morgan fingerprint density at radius 1 is 0.909 bits per heavy atom. The molecule has 1 saturated heterocycles. The average Bonchev–Trinajstić information content (AvgIpc) is 3.37. The highest BCUT2D eigenvalue weighted by molar-refractivity contribution is 6.05. The number of amides is 1. The molecule has 0 saturated carbocycles. The molecule has 1 atom stereocenters. The van der Waals surface area contributed by atoms with Crippen molar-refractivity contribution in [3.05, 3.63) is 89.5 Å². The third kappa shape index (κ3) is 5.79. The number of carbonyl (C=O) groups excluding carboxylic acids is 2. The zero-order chi connectivity index (χ0) is 23.2. The van der Waals surface area contributed by atoms with E-state index in [0.717, 1.165) is 25.0 Å². The van der Waals surface area contributed by atoms with Crippen LogP contribution in [0.25, 0.3) is 0 Å². The second kappa shape index (κ2) is 10.3. The fourth-order valence-electron chi connectivity index (χ4n) is 3.56. The highest BCUT2D eigenvalue weighted by Gasteiger charge is 2.17. The minimum absolute atomic E-state index is 0.110. The van der Waals surface area contributed by atoms with Gasteiger partial charge in [0.2, 0.25) is 0 Å². The number of nitrogens with zero attached hydrogens (tertiary/aromatic N) is 1. The summed E-state index contributed by atoms with van der Waals surface area (Å²) >= 11 is 0. The number of benzene rings is 3. The van der Waals surface area contributed by atoms with Crippen molar-refractivity contribution < 1.29 is 23.8 Å². The minimum atomic E-state index is -0.461. The molecule has 1 aliphatic heterocycles. The summed E-state index contributed by atoms with van der Waals surface area (Å²) in [5.41, 5.74) is 2.84. The van der Waals surface area contributed by atoms with Crippen LogP contribution in [0.15, 0.2) is 72.8 Å². The largest absolute Gasteiger partial charge is 0.491 e. The fourth-order valence-corrected chi connectivity index (χ4v) is 3.56. The van der Waals surface area contributed by atoms with Gasteiger partial charge in [0.05, 0.1) is 11.7 Å². The number of hydrogen-bond donors (Lipinski definition) is 0. The summed E-state index contributed by atoms with van der Waals surface area (Å²) in [7, 11) is 1.71. The molecule has 3 aromatic carbocycles. The van der Waals surface area contributed by atoms with Crippen LogP contribution in [0.3, 0.4) is 0 Å². The molecule has 1 unspecified atom stereocenters. The van der Waals surface area contributed by atoms with Crippen molar-refractivity contribution in [3.8, 4) is 11.5 Å². The summed E-state index contributed by atoms with van der Waals surface area (Å²) in [6, 6.07) is 21.1. The fraction of sp³-hybridized carbons (Fsp3) is 0.259. The summed E-state index contributed by atoms with van der Waals surface area (Å²) in [5.74, 6) is 0.519. The molecular formula is C27H27NO5. The highest BCUT2D eigenvalue weighted by atomic mass is 16.5. The van der Waals surface area contributed by atoms with Gasteiger partial charge in [-0.25, -0.2) is 4.79 Å². The Morgan fingerprint density at radius 3 is 2.18 bits per heavy atom. The van der Waals surface area contributed by atoms with E-state index in [0.29, 0.717) is 34.9 Å². The lowest BCUT2D eigenvalue weighted by Gasteiger charge is -2.18. The molecular weight excluding hydrogens is 418 g/mol. The maximum atomic E-state index is 12.7. The van der Waals surface area contributed by atoms with Gasteiger partial charge in [0, 0.05) is 24.9 Å². The molecule has 1 heterocycles. The predicted octanol–water partition coefficient (Wildman–Crippen LogP) is 5.05. The second-order valence-corrected chi connectivity index (χ2v) is 8.08. The van der Waals surface area contributed by atoms with Crippen molar-refractivity contribution >= 4 is 17.6 Å². The quantitative estimate of drug-likeness (QED) is 0.376. The first-order valence-electron chi connectivity index (χ1n) is 11.0. The molecule has 0 radical (unpaired) electrons. The molecule has 1 amide bonds. The third-order valence-electron chi connectivity index (χ3n) is 5.59. The van der Waals surface area contributed by atoms with Crippen LogP contribution < -0.4 is 14.4 Å². The van der Waals surface area contributed by atoms with Crippen LogP contribution in [0.5, 0.6) is 11.5 Å². The molecule has 6 heteroatoms. The molecule has 3 aromatic rings. The van der Waals surface area contributed by atoms with Crippen LogP contribution in [0.2, 0.25) is 0 Å². The van der Waals surface area contributed by atoms with E-state index < -0.39 is 5.97 Å². The molecule has 0 spiro atoms. The summed E-state index contributed by atoms with van der Waals surface area (Å²) < 4.78 is 16.7. The van der Waals surface area contributed by atoms with Crippen molar-refractivity contribution in [1.82, 2.24) is 0 Å². The van der Waals surface area contributed by atoms with E-state index in [1.165, 1.54) is 0 Å². The number of anilines is 1. The predicted molar refractivity (Wildman–Crippen MR) is 126 cm³/mol. The Bertz CT molecular complexity index is 1080. The van der Waals surface area contributed by atoms with Gasteiger partial charge in [-0.15, -0.1) is 0 Å². The van der Waals surface area contributed by atoms with Gasteiger partial charge in [0.15, 0.2) is 0 Å². The van der Waals surface area contributed by atoms with E-state index in [1.807, 2.05) is 31.2 Å². The lowest BCUT2D eigenvalue weighted by Crippen LogP contribution is -2.26. The first-order chi connectivity index (χ1) is 16.0. The molecule has 170 valence electrons. The highest BCUT2D eigenvalue weighted by Crippen LogP contribution is 2.22. The van der Waals surface area contributed by atoms with Gasteiger partial charge in [0.25, 0.3) is 5.91 Å². The molecule has 1 aliphatic rings. The molecule has 1 fully saturated rings. The van der Waals surface area contributed by atoms with Gasteiger partial charge >= 0.3 is 5.97 Å². The zero-order valence-electron chi connectivity index (χ0n) is 18.8.